The first-order valence-electron chi connectivity index (χ1n) is 17.9. The smallest absolute Gasteiger partial charge is 0.220 e. The summed E-state index contributed by atoms with van der Waals surface area (Å²) in [5.74, 6) is -0.159. The number of carbonyl (C=O) groups excluding carboxylic acids is 1. The summed E-state index contributed by atoms with van der Waals surface area (Å²) in [6, 6.07) is -0.725. The first kappa shape index (κ1) is 41.0. The number of unbranched alkanes of at least 4 members (excludes halogenated alkanes) is 16. The molecule has 0 aromatic carbocycles. The Labute approximate surface area is 267 Å². The lowest BCUT2D eigenvalue weighted by Gasteiger charge is -2.40. The second-order valence-electron chi connectivity index (χ2n) is 12.7. The van der Waals surface area contributed by atoms with Crippen LogP contribution in [0.3, 0.4) is 0 Å². The van der Waals surface area contributed by atoms with Crippen LogP contribution in [-0.4, -0.2) is 87.5 Å². The molecule has 0 aromatic heterocycles. The normalized spacial score (nSPS) is 23.7. The van der Waals surface area contributed by atoms with Gasteiger partial charge in [-0.2, -0.15) is 0 Å². The Hall–Kier alpha value is -1.07. The largest absolute Gasteiger partial charge is 0.394 e. The van der Waals surface area contributed by atoms with Gasteiger partial charge < -0.3 is 40.3 Å². The molecule has 44 heavy (non-hydrogen) atoms. The summed E-state index contributed by atoms with van der Waals surface area (Å²) in [5, 5.41) is 53.8. The molecule has 1 amide bonds. The third-order valence-electron chi connectivity index (χ3n) is 8.62. The van der Waals surface area contributed by atoms with Crippen LogP contribution >= 0.6 is 0 Å². The molecule has 1 aliphatic heterocycles. The van der Waals surface area contributed by atoms with Gasteiger partial charge in [0.05, 0.1) is 25.4 Å². The molecular formula is C35H67NO8. The van der Waals surface area contributed by atoms with Crippen molar-refractivity contribution in [3.05, 3.63) is 12.2 Å². The van der Waals surface area contributed by atoms with Crippen molar-refractivity contribution in [2.75, 3.05) is 13.2 Å². The highest BCUT2D eigenvalue weighted by atomic mass is 16.7. The van der Waals surface area contributed by atoms with Crippen LogP contribution in [0.5, 0.6) is 0 Å². The van der Waals surface area contributed by atoms with Crippen molar-refractivity contribution in [2.24, 2.45) is 0 Å². The van der Waals surface area contributed by atoms with E-state index < -0.39 is 49.5 Å². The number of carbonyl (C=O) groups is 1. The van der Waals surface area contributed by atoms with Gasteiger partial charge in [-0.25, -0.2) is 0 Å². The van der Waals surface area contributed by atoms with Crippen molar-refractivity contribution in [1.29, 1.82) is 0 Å². The van der Waals surface area contributed by atoms with E-state index in [0.29, 0.717) is 12.8 Å². The van der Waals surface area contributed by atoms with Gasteiger partial charge in [0, 0.05) is 6.42 Å². The molecule has 0 bridgehead atoms. The van der Waals surface area contributed by atoms with Crippen LogP contribution in [0.4, 0.5) is 0 Å². The number of aliphatic hydroxyl groups is 5. The molecule has 7 atom stereocenters. The van der Waals surface area contributed by atoms with E-state index >= 15 is 0 Å². The van der Waals surface area contributed by atoms with Crippen LogP contribution in [0, 0.1) is 0 Å². The van der Waals surface area contributed by atoms with E-state index in [-0.39, 0.29) is 12.5 Å². The van der Waals surface area contributed by atoms with Gasteiger partial charge >= 0.3 is 0 Å². The summed E-state index contributed by atoms with van der Waals surface area (Å²) in [6.45, 7) is 3.74. The summed E-state index contributed by atoms with van der Waals surface area (Å²) in [4.78, 5) is 12.8. The van der Waals surface area contributed by atoms with Gasteiger partial charge in [-0.05, 0) is 38.5 Å². The highest BCUT2D eigenvalue weighted by molar-refractivity contribution is 5.76. The molecule has 1 aliphatic rings. The highest BCUT2D eigenvalue weighted by Crippen LogP contribution is 2.22. The van der Waals surface area contributed by atoms with Crippen LogP contribution < -0.4 is 5.32 Å². The van der Waals surface area contributed by atoms with Crippen LogP contribution in [0.15, 0.2) is 12.2 Å². The second kappa shape index (κ2) is 27.1. The minimum Gasteiger partial charge on any atom is -0.394 e. The number of hydrogen-bond donors (Lipinski definition) is 6. The molecule has 1 fully saturated rings. The Morgan fingerprint density at radius 1 is 0.750 bits per heavy atom. The summed E-state index contributed by atoms with van der Waals surface area (Å²) in [7, 11) is 0. The maximum absolute atomic E-state index is 12.8. The topological polar surface area (TPSA) is 149 Å². The maximum atomic E-state index is 12.8. The van der Waals surface area contributed by atoms with Crippen LogP contribution in [-0.2, 0) is 14.3 Å². The molecule has 6 N–H and O–H groups in total. The van der Waals surface area contributed by atoms with Gasteiger partial charge in [0.2, 0.25) is 5.91 Å². The Balaban J connectivity index is 2.48. The lowest BCUT2D eigenvalue weighted by molar-refractivity contribution is -0.302. The van der Waals surface area contributed by atoms with Crippen LogP contribution in [0.2, 0.25) is 0 Å². The maximum Gasteiger partial charge on any atom is 0.220 e. The first-order chi connectivity index (χ1) is 21.3. The number of aliphatic hydroxyl groups excluding tert-OH is 5. The quantitative estimate of drug-likeness (QED) is 0.0495. The molecule has 1 saturated heterocycles. The Bertz CT molecular complexity index is 706. The zero-order valence-electron chi connectivity index (χ0n) is 27.9. The zero-order chi connectivity index (χ0) is 32.4. The lowest BCUT2D eigenvalue weighted by Crippen LogP contribution is -2.60. The van der Waals surface area contributed by atoms with Crippen molar-refractivity contribution < 1.29 is 39.8 Å². The van der Waals surface area contributed by atoms with Crippen molar-refractivity contribution >= 4 is 5.91 Å². The Morgan fingerprint density at radius 3 is 1.84 bits per heavy atom. The van der Waals surface area contributed by atoms with E-state index in [0.717, 1.165) is 44.9 Å². The molecule has 0 saturated carbocycles. The van der Waals surface area contributed by atoms with Gasteiger partial charge in [0.15, 0.2) is 6.29 Å². The standard InChI is InChI=1S/C35H67NO8/c1-3-5-7-9-11-13-15-17-19-21-23-25-31(39)36-28(27-43-35-34(42)33(41)32(40)30(26-37)44-35)29(38)24-22-20-18-16-14-12-10-8-6-4-2/h14,16,28-30,32-35,37-38,40-42H,3-13,15,17-27H2,1-2H3,(H,36,39)/b16-14+/t28-,29+,30+,32+,33?,34?,35+/m0/s1. The number of allylic oxidation sites excluding steroid dienone is 2. The third-order valence-corrected chi connectivity index (χ3v) is 8.62. The molecule has 9 nitrogen and oxygen atoms in total. The average Bonchev–Trinajstić information content (AvgIpc) is 3.02. The minimum absolute atomic E-state index is 0.147. The highest BCUT2D eigenvalue weighted by Gasteiger charge is 2.44. The summed E-state index contributed by atoms with van der Waals surface area (Å²) in [6.07, 6.45) is 19.4. The van der Waals surface area contributed by atoms with Crippen molar-refractivity contribution in [3.8, 4) is 0 Å². The van der Waals surface area contributed by atoms with E-state index in [1.807, 2.05) is 0 Å². The third kappa shape index (κ3) is 18.8. The monoisotopic (exact) mass is 629 g/mol. The fraction of sp³-hybridized carbons (Fsp3) is 0.914. The molecule has 9 heteroatoms. The number of hydrogen-bond acceptors (Lipinski definition) is 8. The molecule has 0 aliphatic carbocycles. The van der Waals surface area contributed by atoms with Gasteiger partial charge in [0.1, 0.15) is 24.4 Å². The van der Waals surface area contributed by atoms with Crippen molar-refractivity contribution in [1.82, 2.24) is 5.32 Å². The molecular weight excluding hydrogens is 562 g/mol. The molecule has 0 spiro atoms. The van der Waals surface area contributed by atoms with Gasteiger partial charge in [-0.1, -0.05) is 116 Å². The number of rotatable bonds is 28. The molecule has 0 radical (unpaired) electrons. The van der Waals surface area contributed by atoms with Crippen molar-refractivity contribution in [2.45, 2.75) is 192 Å². The Kier molecular flexibility index (Phi) is 25.2. The van der Waals surface area contributed by atoms with Gasteiger partial charge in [-0.3, -0.25) is 4.79 Å². The van der Waals surface area contributed by atoms with E-state index in [1.165, 1.54) is 77.0 Å². The van der Waals surface area contributed by atoms with Crippen LogP contribution in [0.25, 0.3) is 0 Å². The molecule has 0 aromatic rings. The fourth-order valence-corrected chi connectivity index (χ4v) is 5.62. The second-order valence-corrected chi connectivity index (χ2v) is 12.7. The summed E-state index contributed by atoms with van der Waals surface area (Å²) in [5.41, 5.74) is 0. The van der Waals surface area contributed by atoms with Crippen molar-refractivity contribution in [3.63, 3.8) is 0 Å². The van der Waals surface area contributed by atoms with E-state index in [1.54, 1.807) is 0 Å². The SMILES string of the molecule is CCCCCC/C=C/CCCC[C@@H](O)[C@H](CO[C@@H]1O[C@H](CO)[C@@H](O)C(O)C1O)NC(=O)CCCCCCCCCCCCC. The average molecular weight is 630 g/mol. The number of amides is 1. The lowest BCUT2D eigenvalue weighted by atomic mass is 9.99. The predicted molar refractivity (Wildman–Crippen MR) is 175 cm³/mol. The van der Waals surface area contributed by atoms with Gasteiger partial charge in [-0.15, -0.1) is 0 Å². The van der Waals surface area contributed by atoms with E-state index in [2.05, 4.69) is 31.3 Å². The number of ether oxygens (including phenoxy) is 2. The van der Waals surface area contributed by atoms with Crippen LogP contribution in [0.1, 0.15) is 149 Å². The molecule has 260 valence electrons. The molecule has 1 heterocycles. The molecule has 1 rings (SSSR count). The summed E-state index contributed by atoms with van der Waals surface area (Å²) < 4.78 is 11.1. The van der Waals surface area contributed by atoms with E-state index in [4.69, 9.17) is 9.47 Å². The summed E-state index contributed by atoms with van der Waals surface area (Å²) >= 11 is 0. The number of nitrogens with one attached hydrogen (secondary N) is 1. The fourth-order valence-electron chi connectivity index (χ4n) is 5.62. The minimum atomic E-state index is -1.55. The first-order valence-corrected chi connectivity index (χ1v) is 17.9. The molecule has 2 unspecified atom stereocenters. The Morgan fingerprint density at radius 2 is 1.27 bits per heavy atom. The van der Waals surface area contributed by atoms with Gasteiger partial charge in [0.25, 0.3) is 0 Å². The zero-order valence-corrected chi connectivity index (χ0v) is 27.9. The van der Waals surface area contributed by atoms with E-state index in [9.17, 15) is 30.3 Å². The predicted octanol–water partition coefficient (Wildman–Crippen LogP) is 5.44.